The lowest BCUT2D eigenvalue weighted by Gasteiger charge is -1.98. The molecule has 0 spiro atoms. The molecule has 1 aromatic carbocycles. The molecule has 0 aliphatic heterocycles. The summed E-state index contributed by atoms with van der Waals surface area (Å²) in [5.41, 5.74) is 0.931. The van der Waals surface area contributed by atoms with E-state index in [4.69, 9.17) is 27.7 Å². The highest BCUT2D eigenvalue weighted by atomic mass is 35.5. The number of rotatable bonds is 2. The molecular formula is C13H7Cl2N3O2. The molecule has 1 N–H and O–H groups in total. The van der Waals surface area contributed by atoms with Gasteiger partial charge in [0.1, 0.15) is 11.4 Å². The van der Waals surface area contributed by atoms with Gasteiger partial charge in [0.25, 0.3) is 5.89 Å². The van der Waals surface area contributed by atoms with E-state index < -0.39 is 0 Å². The van der Waals surface area contributed by atoms with Gasteiger partial charge in [-0.1, -0.05) is 28.4 Å². The third-order valence-electron chi connectivity index (χ3n) is 2.57. The van der Waals surface area contributed by atoms with Gasteiger partial charge in [-0.15, -0.1) is 0 Å². The van der Waals surface area contributed by atoms with Crippen LogP contribution in [-0.2, 0) is 0 Å². The molecule has 100 valence electrons. The Morgan fingerprint density at radius 1 is 1.05 bits per heavy atom. The average Bonchev–Trinajstić information content (AvgIpc) is 2.89. The molecule has 0 amide bonds. The summed E-state index contributed by atoms with van der Waals surface area (Å²) in [5, 5.41) is 14.6. The van der Waals surface area contributed by atoms with Crippen LogP contribution >= 0.6 is 23.2 Å². The molecule has 0 saturated carbocycles. The first kappa shape index (κ1) is 12.9. The van der Waals surface area contributed by atoms with Gasteiger partial charge in [0.05, 0.1) is 10.6 Å². The quantitative estimate of drug-likeness (QED) is 0.779. The van der Waals surface area contributed by atoms with Crippen molar-refractivity contribution in [3.05, 3.63) is 46.6 Å². The van der Waals surface area contributed by atoms with Crippen LogP contribution in [0.25, 0.3) is 23.0 Å². The van der Waals surface area contributed by atoms with Crippen molar-refractivity contribution in [3.63, 3.8) is 0 Å². The number of halogens is 2. The lowest BCUT2D eigenvalue weighted by atomic mass is 10.2. The van der Waals surface area contributed by atoms with Crippen LogP contribution < -0.4 is 0 Å². The number of aromatic nitrogens is 3. The number of phenols is 1. The number of benzene rings is 1. The molecule has 5 nitrogen and oxygen atoms in total. The van der Waals surface area contributed by atoms with Crippen molar-refractivity contribution < 1.29 is 9.63 Å². The topological polar surface area (TPSA) is 72.0 Å². The van der Waals surface area contributed by atoms with E-state index in [1.54, 1.807) is 24.3 Å². The molecule has 2 heterocycles. The molecule has 0 saturated heterocycles. The first-order chi connectivity index (χ1) is 9.63. The lowest BCUT2D eigenvalue weighted by Crippen LogP contribution is -1.85. The Balaban J connectivity index is 1.99. The third-order valence-corrected chi connectivity index (χ3v) is 3.03. The standard InChI is InChI=1S/C13H7Cl2N3O2/c14-7-1-3-9(11(19)5-7)13-17-12(18-20-13)10-4-2-8(15)6-16-10/h1-6,19H. The zero-order chi connectivity index (χ0) is 14.1. The second kappa shape index (κ2) is 5.11. The maximum atomic E-state index is 9.82. The molecule has 0 bridgehead atoms. The summed E-state index contributed by atoms with van der Waals surface area (Å²) in [5.74, 6) is 0.466. The van der Waals surface area contributed by atoms with Gasteiger partial charge < -0.3 is 9.63 Å². The lowest BCUT2D eigenvalue weighted by molar-refractivity contribution is 0.425. The smallest absolute Gasteiger partial charge is 0.262 e. The number of hydrogen-bond acceptors (Lipinski definition) is 5. The van der Waals surface area contributed by atoms with Crippen LogP contribution in [0.1, 0.15) is 0 Å². The predicted molar refractivity (Wildman–Crippen MR) is 74.6 cm³/mol. The van der Waals surface area contributed by atoms with Crippen LogP contribution in [0, 0.1) is 0 Å². The molecule has 20 heavy (non-hydrogen) atoms. The molecule has 0 fully saturated rings. The number of nitrogens with zero attached hydrogens (tertiary/aromatic N) is 3. The van der Waals surface area contributed by atoms with Gasteiger partial charge in [-0.25, -0.2) is 0 Å². The summed E-state index contributed by atoms with van der Waals surface area (Å²) >= 11 is 11.5. The van der Waals surface area contributed by atoms with Crippen LogP contribution in [-0.4, -0.2) is 20.2 Å². The normalized spacial score (nSPS) is 10.7. The summed E-state index contributed by atoms with van der Waals surface area (Å²) in [4.78, 5) is 8.28. The number of pyridine rings is 1. The van der Waals surface area contributed by atoms with Crippen molar-refractivity contribution in [2.45, 2.75) is 0 Å². The van der Waals surface area contributed by atoms with Gasteiger partial charge in [-0.05, 0) is 30.3 Å². The Labute approximate surface area is 123 Å². The van der Waals surface area contributed by atoms with E-state index in [1.807, 2.05) is 0 Å². The van der Waals surface area contributed by atoms with Crippen LogP contribution in [0.15, 0.2) is 41.1 Å². The first-order valence-electron chi connectivity index (χ1n) is 5.58. The summed E-state index contributed by atoms with van der Waals surface area (Å²) in [6.45, 7) is 0. The van der Waals surface area contributed by atoms with Crippen molar-refractivity contribution in [1.82, 2.24) is 15.1 Å². The Hall–Kier alpha value is -2.11. The highest BCUT2D eigenvalue weighted by Gasteiger charge is 2.14. The van der Waals surface area contributed by atoms with Crippen molar-refractivity contribution in [2.75, 3.05) is 0 Å². The van der Waals surface area contributed by atoms with Crippen molar-refractivity contribution in [1.29, 1.82) is 0 Å². The third kappa shape index (κ3) is 2.45. The molecular weight excluding hydrogens is 301 g/mol. The SMILES string of the molecule is Oc1cc(Cl)ccc1-c1nc(-c2ccc(Cl)cn2)no1. The van der Waals surface area contributed by atoms with Gasteiger partial charge in [0, 0.05) is 11.2 Å². The molecule has 0 atom stereocenters. The van der Waals surface area contributed by atoms with Crippen LogP contribution in [0.3, 0.4) is 0 Å². The zero-order valence-electron chi connectivity index (χ0n) is 9.92. The predicted octanol–water partition coefficient (Wildman–Crippen LogP) is 3.81. The average molecular weight is 308 g/mol. The summed E-state index contributed by atoms with van der Waals surface area (Å²) in [7, 11) is 0. The molecule has 3 rings (SSSR count). The Kier molecular flexibility index (Phi) is 3.30. The minimum Gasteiger partial charge on any atom is -0.507 e. The molecule has 3 aromatic rings. The van der Waals surface area contributed by atoms with Crippen LogP contribution in [0.5, 0.6) is 5.75 Å². The second-order valence-corrected chi connectivity index (χ2v) is 4.82. The van der Waals surface area contributed by atoms with E-state index >= 15 is 0 Å². The molecule has 7 heteroatoms. The number of phenolic OH excluding ortho intramolecular Hbond substituents is 1. The van der Waals surface area contributed by atoms with Crippen molar-refractivity contribution in [3.8, 4) is 28.7 Å². The van der Waals surface area contributed by atoms with Gasteiger partial charge in [-0.3, -0.25) is 4.98 Å². The van der Waals surface area contributed by atoms with Gasteiger partial charge in [0.2, 0.25) is 5.82 Å². The van der Waals surface area contributed by atoms with Crippen molar-refractivity contribution in [2.24, 2.45) is 0 Å². The van der Waals surface area contributed by atoms with Gasteiger partial charge in [-0.2, -0.15) is 4.98 Å². The fourth-order valence-corrected chi connectivity index (χ4v) is 1.91. The summed E-state index contributed by atoms with van der Waals surface area (Å²) < 4.78 is 5.12. The Morgan fingerprint density at radius 2 is 1.85 bits per heavy atom. The molecule has 2 aromatic heterocycles. The van der Waals surface area contributed by atoms with Crippen LogP contribution in [0.4, 0.5) is 0 Å². The summed E-state index contributed by atoms with van der Waals surface area (Å²) in [6.07, 6.45) is 1.49. The van der Waals surface area contributed by atoms with E-state index in [0.29, 0.717) is 27.1 Å². The highest BCUT2D eigenvalue weighted by molar-refractivity contribution is 6.31. The van der Waals surface area contributed by atoms with E-state index in [2.05, 4.69) is 15.1 Å². The van der Waals surface area contributed by atoms with Gasteiger partial charge in [0.15, 0.2) is 0 Å². The van der Waals surface area contributed by atoms with E-state index in [1.165, 1.54) is 12.3 Å². The zero-order valence-corrected chi connectivity index (χ0v) is 11.4. The maximum Gasteiger partial charge on any atom is 0.262 e. The highest BCUT2D eigenvalue weighted by Crippen LogP contribution is 2.31. The number of aromatic hydroxyl groups is 1. The Bertz CT molecular complexity index is 757. The van der Waals surface area contributed by atoms with E-state index in [0.717, 1.165) is 0 Å². The summed E-state index contributed by atoms with van der Waals surface area (Å²) in [6, 6.07) is 7.99. The molecule has 0 radical (unpaired) electrons. The molecule has 0 aliphatic rings. The fraction of sp³-hybridized carbons (Fsp3) is 0. The number of hydrogen-bond donors (Lipinski definition) is 1. The van der Waals surface area contributed by atoms with E-state index in [9.17, 15) is 5.11 Å². The monoisotopic (exact) mass is 307 g/mol. The minimum atomic E-state index is -0.0308. The largest absolute Gasteiger partial charge is 0.507 e. The molecule has 0 unspecified atom stereocenters. The minimum absolute atomic E-state index is 0.0308. The first-order valence-corrected chi connectivity index (χ1v) is 6.33. The van der Waals surface area contributed by atoms with E-state index in [-0.39, 0.29) is 11.6 Å². The van der Waals surface area contributed by atoms with Crippen molar-refractivity contribution >= 4 is 23.2 Å². The Morgan fingerprint density at radius 3 is 2.55 bits per heavy atom. The molecule has 0 aliphatic carbocycles. The second-order valence-electron chi connectivity index (χ2n) is 3.95. The van der Waals surface area contributed by atoms with Gasteiger partial charge >= 0.3 is 0 Å². The maximum absolute atomic E-state index is 9.82. The fourth-order valence-electron chi connectivity index (χ4n) is 1.63. The van der Waals surface area contributed by atoms with Crippen LogP contribution in [0.2, 0.25) is 10.0 Å².